The lowest BCUT2D eigenvalue weighted by Crippen LogP contribution is -2.37. The van der Waals surface area contributed by atoms with Crippen LogP contribution in [0.3, 0.4) is 0 Å². The molecule has 0 spiro atoms. The Bertz CT molecular complexity index is 313. The van der Waals surface area contributed by atoms with Crippen LogP contribution in [0.1, 0.15) is 27.7 Å². The molecule has 2 nitrogen and oxygen atoms in total. The summed E-state index contributed by atoms with van der Waals surface area (Å²) in [6, 6.07) is 0. The third kappa shape index (κ3) is 6.82. The Morgan fingerprint density at radius 2 is 2.00 bits per heavy atom. The van der Waals surface area contributed by atoms with E-state index in [0.717, 1.165) is 4.48 Å². The molecular weight excluding hydrogens is 274 g/mol. The van der Waals surface area contributed by atoms with Crippen molar-refractivity contribution in [1.82, 2.24) is 4.72 Å². The zero-order valence-electron chi connectivity index (χ0n) is 9.63. The summed E-state index contributed by atoms with van der Waals surface area (Å²) in [5, 5.41) is 0. The van der Waals surface area contributed by atoms with Crippen LogP contribution < -0.4 is 4.72 Å². The van der Waals surface area contributed by atoms with Gasteiger partial charge in [-0.3, -0.25) is 0 Å². The molecular formula is C11H18BrNOS. The molecule has 0 radical (unpaired) electrons. The molecule has 0 saturated carbocycles. The maximum Gasteiger partial charge on any atom is 0.125 e. The maximum absolute atomic E-state index is 11.9. The second-order valence-corrected chi connectivity index (χ2v) is 6.17. The first-order valence-electron chi connectivity index (χ1n) is 4.65. The fraction of sp³-hybridized carbons (Fsp3) is 0.455. The highest BCUT2D eigenvalue weighted by atomic mass is 79.9. The zero-order valence-corrected chi connectivity index (χ0v) is 12.0. The minimum atomic E-state index is -1.23. The van der Waals surface area contributed by atoms with E-state index in [-0.39, 0.29) is 5.54 Å². The highest BCUT2D eigenvalue weighted by molar-refractivity contribution is 9.11. The highest BCUT2D eigenvalue weighted by Gasteiger charge is 2.14. The van der Waals surface area contributed by atoms with Crippen molar-refractivity contribution in [3.05, 3.63) is 34.2 Å². The molecule has 0 rings (SSSR count). The van der Waals surface area contributed by atoms with Crippen LogP contribution >= 0.6 is 15.9 Å². The summed E-state index contributed by atoms with van der Waals surface area (Å²) in [5.41, 5.74) is -0.185. The molecule has 0 aromatic carbocycles. The van der Waals surface area contributed by atoms with Crippen LogP contribution in [0.4, 0.5) is 0 Å². The fourth-order valence-electron chi connectivity index (χ4n) is 0.744. The molecule has 0 bridgehead atoms. The van der Waals surface area contributed by atoms with Gasteiger partial charge in [-0.25, -0.2) is 8.93 Å². The lowest BCUT2D eigenvalue weighted by molar-refractivity contribution is 0.522. The Hall–Kier alpha value is -0.190. The van der Waals surface area contributed by atoms with E-state index in [9.17, 15) is 4.21 Å². The van der Waals surface area contributed by atoms with Crippen molar-refractivity contribution in [2.75, 3.05) is 0 Å². The molecule has 0 saturated heterocycles. The van der Waals surface area contributed by atoms with Crippen molar-refractivity contribution in [2.45, 2.75) is 33.2 Å². The fourth-order valence-corrected chi connectivity index (χ4v) is 2.20. The molecule has 4 heteroatoms. The lowest BCUT2D eigenvalue weighted by atomic mass is 10.1. The standard InChI is InChI=1S/C11H18BrNOS/c1-6-9(12)8-10(7-2)15(14)13-11(3,4)5/h6-8,13H,2H2,1,3-5H3/b9-6+,10-8+. The Kier molecular flexibility index (Phi) is 6.32. The van der Waals surface area contributed by atoms with Gasteiger partial charge in [-0.2, -0.15) is 0 Å². The third-order valence-electron chi connectivity index (χ3n) is 1.37. The molecule has 0 aromatic heterocycles. The van der Waals surface area contributed by atoms with Crippen LogP contribution in [-0.4, -0.2) is 9.75 Å². The van der Waals surface area contributed by atoms with Gasteiger partial charge >= 0.3 is 0 Å². The Balaban J connectivity index is 4.78. The molecule has 1 unspecified atom stereocenters. The van der Waals surface area contributed by atoms with Crippen molar-refractivity contribution in [3.63, 3.8) is 0 Å². The number of hydrogen-bond acceptors (Lipinski definition) is 1. The summed E-state index contributed by atoms with van der Waals surface area (Å²) in [7, 11) is -1.23. The van der Waals surface area contributed by atoms with Crippen LogP contribution in [0.25, 0.3) is 0 Å². The minimum absolute atomic E-state index is 0.185. The van der Waals surface area contributed by atoms with Gasteiger partial charge < -0.3 is 0 Å². The van der Waals surface area contributed by atoms with Gasteiger partial charge in [0.15, 0.2) is 0 Å². The van der Waals surface area contributed by atoms with Crippen LogP contribution in [0.5, 0.6) is 0 Å². The Morgan fingerprint density at radius 3 is 2.33 bits per heavy atom. The van der Waals surface area contributed by atoms with Crippen molar-refractivity contribution >= 4 is 26.9 Å². The van der Waals surface area contributed by atoms with E-state index in [1.54, 1.807) is 12.2 Å². The van der Waals surface area contributed by atoms with Gasteiger partial charge in [0.2, 0.25) is 0 Å². The lowest BCUT2D eigenvalue weighted by Gasteiger charge is -2.19. The van der Waals surface area contributed by atoms with E-state index in [1.807, 2.05) is 33.8 Å². The van der Waals surface area contributed by atoms with E-state index >= 15 is 0 Å². The van der Waals surface area contributed by atoms with Crippen molar-refractivity contribution in [2.24, 2.45) is 0 Å². The second kappa shape index (κ2) is 6.40. The average molecular weight is 292 g/mol. The van der Waals surface area contributed by atoms with Gasteiger partial charge in [0.05, 0.1) is 4.91 Å². The van der Waals surface area contributed by atoms with Gasteiger partial charge in [-0.1, -0.05) is 34.7 Å². The van der Waals surface area contributed by atoms with Gasteiger partial charge in [0.1, 0.15) is 11.0 Å². The quantitative estimate of drug-likeness (QED) is 0.790. The third-order valence-corrected chi connectivity index (χ3v) is 3.57. The minimum Gasteiger partial charge on any atom is -0.237 e. The van der Waals surface area contributed by atoms with Gasteiger partial charge in [0, 0.05) is 10.0 Å². The molecule has 15 heavy (non-hydrogen) atoms. The van der Waals surface area contributed by atoms with Crippen molar-refractivity contribution in [1.29, 1.82) is 0 Å². The molecule has 0 fully saturated rings. The first kappa shape index (κ1) is 14.8. The van der Waals surface area contributed by atoms with Crippen molar-refractivity contribution < 1.29 is 4.21 Å². The maximum atomic E-state index is 11.9. The molecule has 0 amide bonds. The largest absolute Gasteiger partial charge is 0.237 e. The molecule has 0 aromatic rings. The summed E-state index contributed by atoms with van der Waals surface area (Å²) < 4.78 is 15.7. The van der Waals surface area contributed by atoms with E-state index < -0.39 is 11.0 Å². The monoisotopic (exact) mass is 291 g/mol. The predicted octanol–water partition coefficient (Wildman–Crippen LogP) is 3.41. The van der Waals surface area contributed by atoms with Crippen LogP contribution in [0.2, 0.25) is 0 Å². The molecule has 86 valence electrons. The first-order valence-corrected chi connectivity index (χ1v) is 6.60. The molecule has 1 N–H and O–H groups in total. The number of allylic oxidation sites excluding steroid dienone is 4. The van der Waals surface area contributed by atoms with Crippen LogP contribution in [0, 0.1) is 0 Å². The molecule has 0 aliphatic heterocycles. The summed E-state index contributed by atoms with van der Waals surface area (Å²) in [6.07, 6.45) is 5.28. The normalized spacial score (nSPS) is 16.3. The summed E-state index contributed by atoms with van der Waals surface area (Å²) in [6.45, 7) is 11.5. The molecule has 0 aliphatic rings. The predicted molar refractivity (Wildman–Crippen MR) is 72.0 cm³/mol. The van der Waals surface area contributed by atoms with Crippen LogP contribution in [-0.2, 0) is 11.0 Å². The van der Waals surface area contributed by atoms with E-state index in [1.165, 1.54) is 0 Å². The number of hydrogen-bond donors (Lipinski definition) is 1. The summed E-state index contributed by atoms with van der Waals surface area (Å²) >= 11 is 3.34. The smallest absolute Gasteiger partial charge is 0.125 e. The number of rotatable bonds is 4. The molecule has 0 heterocycles. The summed E-state index contributed by atoms with van der Waals surface area (Å²) in [5.74, 6) is 0. The van der Waals surface area contributed by atoms with Gasteiger partial charge in [-0.05, 0) is 33.8 Å². The van der Waals surface area contributed by atoms with Gasteiger partial charge in [-0.15, -0.1) is 0 Å². The molecule has 0 aliphatic carbocycles. The average Bonchev–Trinajstić information content (AvgIpc) is 2.10. The first-order chi connectivity index (χ1) is 6.80. The SMILES string of the molecule is C=C/C(=C\C(Br)=C/C)S(=O)NC(C)(C)C. The number of halogens is 1. The molecule has 1 atom stereocenters. The van der Waals surface area contributed by atoms with Gasteiger partial charge in [0.25, 0.3) is 0 Å². The van der Waals surface area contributed by atoms with Crippen LogP contribution in [0.15, 0.2) is 34.2 Å². The topological polar surface area (TPSA) is 29.1 Å². The van der Waals surface area contributed by atoms with E-state index in [2.05, 4.69) is 27.2 Å². The van der Waals surface area contributed by atoms with E-state index in [0.29, 0.717) is 4.91 Å². The second-order valence-electron chi connectivity index (χ2n) is 4.05. The van der Waals surface area contributed by atoms with E-state index in [4.69, 9.17) is 0 Å². The Labute approximate surface area is 103 Å². The Morgan fingerprint density at radius 1 is 1.47 bits per heavy atom. The number of nitrogens with one attached hydrogen (secondary N) is 1. The highest BCUT2D eigenvalue weighted by Crippen LogP contribution is 2.14. The summed E-state index contributed by atoms with van der Waals surface area (Å²) in [4.78, 5) is 0.662. The zero-order chi connectivity index (χ0) is 12.1. The van der Waals surface area contributed by atoms with Crippen molar-refractivity contribution in [3.8, 4) is 0 Å².